The van der Waals surface area contributed by atoms with Crippen LogP contribution in [-0.2, 0) is 9.59 Å². The minimum atomic E-state index is -0.866. The molecule has 136 valence electrons. The fraction of sp³-hybridized carbons (Fsp3) is 0.0476. The molecule has 0 heterocycles. The molecule has 3 aromatic rings. The van der Waals surface area contributed by atoms with Gasteiger partial charge in [-0.2, -0.15) is 0 Å². The maximum absolute atomic E-state index is 13.2. The summed E-state index contributed by atoms with van der Waals surface area (Å²) in [5.74, 6) is -2.28. The number of rotatable bonds is 4. The van der Waals surface area contributed by atoms with Gasteiger partial charge in [-0.25, -0.2) is 4.39 Å². The van der Waals surface area contributed by atoms with E-state index in [1.807, 2.05) is 60.7 Å². The predicted molar refractivity (Wildman–Crippen MR) is 103 cm³/mol. The average Bonchev–Trinajstić information content (AvgIpc) is 2.70. The fourth-order valence-electron chi connectivity index (χ4n) is 2.61. The van der Waals surface area contributed by atoms with Crippen LogP contribution in [0.3, 0.4) is 0 Å². The van der Waals surface area contributed by atoms with Crippen molar-refractivity contribution in [3.05, 3.63) is 101 Å². The summed E-state index contributed by atoms with van der Waals surface area (Å²) in [5.41, 5.74) is 1.92. The minimum Gasteiger partial charge on any atom is -0.337 e. The Morgan fingerprint density at radius 2 is 1.37 bits per heavy atom. The number of hydrogen-bond donors (Lipinski definition) is 2. The molecule has 0 fully saturated rings. The van der Waals surface area contributed by atoms with E-state index >= 15 is 0 Å². The first-order valence-electron chi connectivity index (χ1n) is 8.21. The van der Waals surface area contributed by atoms with Gasteiger partial charge in [0.1, 0.15) is 5.82 Å². The number of anilines is 1. The second-order valence-corrected chi connectivity index (χ2v) is 6.22. The molecule has 0 aliphatic heterocycles. The first-order valence-corrected chi connectivity index (χ1v) is 8.59. The van der Waals surface area contributed by atoms with Crippen LogP contribution < -0.4 is 10.6 Å². The topological polar surface area (TPSA) is 58.2 Å². The van der Waals surface area contributed by atoms with Crippen molar-refractivity contribution in [2.24, 2.45) is 0 Å². The van der Waals surface area contributed by atoms with Crippen molar-refractivity contribution >= 4 is 29.1 Å². The van der Waals surface area contributed by atoms with Crippen molar-refractivity contribution < 1.29 is 14.0 Å². The van der Waals surface area contributed by atoms with Crippen molar-refractivity contribution in [3.8, 4) is 0 Å². The lowest BCUT2D eigenvalue weighted by atomic mass is 9.99. The third-order valence-electron chi connectivity index (χ3n) is 3.92. The van der Waals surface area contributed by atoms with Gasteiger partial charge < -0.3 is 10.6 Å². The van der Waals surface area contributed by atoms with E-state index < -0.39 is 23.7 Å². The van der Waals surface area contributed by atoms with Crippen LogP contribution in [0, 0.1) is 5.82 Å². The lowest BCUT2D eigenvalue weighted by molar-refractivity contribution is -0.136. The Morgan fingerprint density at radius 1 is 0.815 bits per heavy atom. The van der Waals surface area contributed by atoms with Crippen molar-refractivity contribution in [2.75, 3.05) is 5.32 Å². The Hall–Kier alpha value is -3.18. The first kappa shape index (κ1) is 18.6. The summed E-state index contributed by atoms with van der Waals surface area (Å²) >= 11 is 5.69. The largest absolute Gasteiger partial charge is 0.337 e. The van der Waals surface area contributed by atoms with Crippen molar-refractivity contribution in [1.29, 1.82) is 0 Å². The second-order valence-electron chi connectivity index (χ2n) is 5.81. The van der Waals surface area contributed by atoms with Crippen molar-refractivity contribution in [2.45, 2.75) is 6.04 Å². The third kappa shape index (κ3) is 4.71. The summed E-state index contributed by atoms with van der Waals surface area (Å²) in [5, 5.41) is 5.01. The molecule has 0 bridgehead atoms. The van der Waals surface area contributed by atoms with E-state index in [-0.39, 0.29) is 10.7 Å². The van der Waals surface area contributed by atoms with Gasteiger partial charge in [0.15, 0.2) is 0 Å². The second kappa shape index (κ2) is 8.47. The summed E-state index contributed by atoms with van der Waals surface area (Å²) in [7, 11) is 0. The van der Waals surface area contributed by atoms with Crippen LogP contribution in [0.1, 0.15) is 17.2 Å². The molecule has 0 aliphatic carbocycles. The average molecular weight is 383 g/mol. The zero-order chi connectivity index (χ0) is 19.2. The Bertz CT molecular complexity index is 909. The van der Waals surface area contributed by atoms with Gasteiger partial charge in [-0.3, -0.25) is 9.59 Å². The molecule has 0 saturated heterocycles. The van der Waals surface area contributed by atoms with Crippen LogP contribution in [0.5, 0.6) is 0 Å². The van der Waals surface area contributed by atoms with E-state index in [2.05, 4.69) is 10.6 Å². The fourth-order valence-corrected chi connectivity index (χ4v) is 2.79. The Morgan fingerprint density at radius 3 is 1.89 bits per heavy atom. The van der Waals surface area contributed by atoms with Gasteiger partial charge >= 0.3 is 11.8 Å². The normalized spacial score (nSPS) is 10.5. The lowest BCUT2D eigenvalue weighted by Crippen LogP contribution is -2.38. The molecule has 0 saturated carbocycles. The zero-order valence-electron chi connectivity index (χ0n) is 14.2. The van der Waals surface area contributed by atoms with Crippen molar-refractivity contribution in [1.82, 2.24) is 5.32 Å². The molecule has 27 heavy (non-hydrogen) atoms. The van der Waals surface area contributed by atoms with Gasteiger partial charge in [0.2, 0.25) is 0 Å². The van der Waals surface area contributed by atoms with Gasteiger partial charge in [-0.15, -0.1) is 0 Å². The van der Waals surface area contributed by atoms with Gasteiger partial charge in [0.25, 0.3) is 0 Å². The van der Waals surface area contributed by atoms with Crippen LogP contribution in [0.4, 0.5) is 10.1 Å². The van der Waals surface area contributed by atoms with Gasteiger partial charge in [0.05, 0.1) is 11.1 Å². The summed E-state index contributed by atoms with van der Waals surface area (Å²) in [6, 6.07) is 21.9. The van der Waals surface area contributed by atoms with E-state index in [1.54, 1.807) is 0 Å². The van der Waals surface area contributed by atoms with Gasteiger partial charge in [-0.1, -0.05) is 72.3 Å². The summed E-state index contributed by atoms with van der Waals surface area (Å²) in [6.45, 7) is 0. The van der Waals surface area contributed by atoms with Crippen molar-refractivity contribution in [3.63, 3.8) is 0 Å². The first-order chi connectivity index (χ1) is 13.0. The standard InChI is InChI=1S/C21H16ClFN2O2/c22-17-13-16(11-12-18(17)23)24-20(26)21(27)25-19(14-7-3-1-4-8-14)15-9-5-2-6-10-15/h1-13,19H,(H,24,26)(H,25,27). The van der Waals surface area contributed by atoms with E-state index in [1.165, 1.54) is 12.1 Å². The molecule has 0 aliphatic rings. The lowest BCUT2D eigenvalue weighted by Gasteiger charge is -2.19. The highest BCUT2D eigenvalue weighted by Gasteiger charge is 2.21. The van der Waals surface area contributed by atoms with Crippen LogP contribution >= 0.6 is 11.6 Å². The van der Waals surface area contributed by atoms with E-state index in [0.717, 1.165) is 17.2 Å². The zero-order valence-corrected chi connectivity index (χ0v) is 14.9. The predicted octanol–water partition coefficient (Wildman–Crippen LogP) is 4.32. The highest BCUT2D eigenvalue weighted by atomic mass is 35.5. The SMILES string of the molecule is O=C(Nc1ccc(F)c(Cl)c1)C(=O)NC(c1ccccc1)c1ccccc1. The molecule has 0 aromatic heterocycles. The highest BCUT2D eigenvalue weighted by molar-refractivity contribution is 6.40. The molecule has 0 radical (unpaired) electrons. The number of hydrogen-bond acceptors (Lipinski definition) is 2. The number of halogens is 2. The molecule has 4 nitrogen and oxygen atoms in total. The van der Waals surface area contributed by atoms with Gasteiger partial charge in [0, 0.05) is 5.69 Å². The molecule has 6 heteroatoms. The Balaban J connectivity index is 1.78. The molecule has 3 rings (SSSR count). The van der Waals surface area contributed by atoms with E-state index in [0.29, 0.717) is 0 Å². The molecule has 0 atom stereocenters. The summed E-state index contributed by atoms with van der Waals surface area (Å²) < 4.78 is 13.2. The maximum atomic E-state index is 13.2. The van der Waals surface area contributed by atoms with Crippen LogP contribution in [0.2, 0.25) is 5.02 Å². The van der Waals surface area contributed by atoms with E-state index in [9.17, 15) is 14.0 Å². The minimum absolute atomic E-state index is 0.139. The van der Waals surface area contributed by atoms with Crippen LogP contribution in [0.25, 0.3) is 0 Å². The molecular formula is C21H16ClFN2O2. The van der Waals surface area contributed by atoms with Gasteiger partial charge in [-0.05, 0) is 29.3 Å². The van der Waals surface area contributed by atoms with Crippen LogP contribution in [-0.4, -0.2) is 11.8 Å². The molecule has 0 spiro atoms. The molecular weight excluding hydrogens is 367 g/mol. The molecule has 3 aromatic carbocycles. The number of amides is 2. The summed E-state index contributed by atoms with van der Waals surface area (Å²) in [6.07, 6.45) is 0. The molecule has 2 N–H and O–H groups in total. The van der Waals surface area contributed by atoms with E-state index in [4.69, 9.17) is 11.6 Å². The monoisotopic (exact) mass is 382 g/mol. The number of carbonyl (C=O) groups excluding carboxylic acids is 2. The summed E-state index contributed by atoms with van der Waals surface area (Å²) in [4.78, 5) is 24.7. The Labute approximate surface area is 161 Å². The molecule has 2 amide bonds. The Kier molecular flexibility index (Phi) is 5.84. The smallest absolute Gasteiger partial charge is 0.313 e. The molecule has 0 unspecified atom stereocenters. The number of nitrogens with one attached hydrogen (secondary N) is 2. The third-order valence-corrected chi connectivity index (χ3v) is 4.21. The van der Waals surface area contributed by atoms with Crippen LogP contribution in [0.15, 0.2) is 78.9 Å². The highest BCUT2D eigenvalue weighted by Crippen LogP contribution is 2.22. The number of carbonyl (C=O) groups is 2. The quantitative estimate of drug-likeness (QED) is 0.660. The number of benzene rings is 3. The maximum Gasteiger partial charge on any atom is 0.313 e.